The summed E-state index contributed by atoms with van der Waals surface area (Å²) in [5, 5.41) is 0.460. The molecule has 0 atom stereocenters. The highest BCUT2D eigenvalue weighted by Crippen LogP contribution is 2.22. The fourth-order valence-corrected chi connectivity index (χ4v) is 3.97. The molecule has 0 N–H and O–H groups in total. The van der Waals surface area contributed by atoms with Gasteiger partial charge < -0.3 is 4.90 Å². The van der Waals surface area contributed by atoms with Gasteiger partial charge in [0.05, 0.1) is 6.54 Å². The number of hydrogen-bond donors (Lipinski definition) is 0. The SMILES string of the molecule is C#CCN1CCC(C(=O)N2CCN(Cc3ccc(F)cc3Cl)CC2)CC1. The van der Waals surface area contributed by atoms with Gasteiger partial charge in [-0.25, -0.2) is 4.39 Å². The first-order chi connectivity index (χ1) is 12.6. The molecule has 2 saturated heterocycles. The molecule has 3 rings (SSSR count). The maximum absolute atomic E-state index is 13.2. The standard InChI is InChI=1S/C20H25ClFN3O/c1-2-7-23-8-5-16(6-9-23)20(26)25-12-10-24(11-13-25)15-17-3-4-18(22)14-19(17)21/h1,3-4,14,16H,5-13,15H2. The summed E-state index contributed by atoms with van der Waals surface area (Å²) in [6.45, 7) is 6.28. The van der Waals surface area contributed by atoms with Crippen LogP contribution in [0.2, 0.25) is 5.02 Å². The Morgan fingerprint density at radius 2 is 1.85 bits per heavy atom. The summed E-state index contributed by atoms with van der Waals surface area (Å²) in [7, 11) is 0. The van der Waals surface area contributed by atoms with Gasteiger partial charge in [-0.3, -0.25) is 14.6 Å². The van der Waals surface area contributed by atoms with Gasteiger partial charge in [0, 0.05) is 43.7 Å². The van der Waals surface area contributed by atoms with Gasteiger partial charge in [-0.1, -0.05) is 23.6 Å². The van der Waals surface area contributed by atoms with Crippen LogP contribution in [0.3, 0.4) is 0 Å². The van der Waals surface area contributed by atoms with Crippen LogP contribution < -0.4 is 0 Å². The number of nitrogens with zero attached hydrogens (tertiary/aromatic N) is 3. The number of likely N-dealkylation sites (tertiary alicyclic amines) is 1. The summed E-state index contributed by atoms with van der Waals surface area (Å²) >= 11 is 6.12. The fraction of sp³-hybridized carbons (Fsp3) is 0.550. The topological polar surface area (TPSA) is 26.8 Å². The molecular weight excluding hydrogens is 353 g/mol. The molecule has 2 heterocycles. The predicted octanol–water partition coefficient (Wildman–Crippen LogP) is 2.47. The van der Waals surface area contributed by atoms with E-state index in [0.717, 1.165) is 57.7 Å². The number of hydrogen-bond acceptors (Lipinski definition) is 3. The van der Waals surface area contributed by atoms with Crippen molar-refractivity contribution in [3.05, 3.63) is 34.6 Å². The number of piperidine rings is 1. The number of halogens is 2. The molecule has 0 bridgehead atoms. The number of carbonyl (C=O) groups is 1. The zero-order valence-electron chi connectivity index (χ0n) is 15.0. The van der Waals surface area contributed by atoms with E-state index in [4.69, 9.17) is 18.0 Å². The number of piperazine rings is 1. The van der Waals surface area contributed by atoms with Crippen LogP contribution in [0, 0.1) is 24.1 Å². The largest absolute Gasteiger partial charge is 0.340 e. The molecule has 1 aromatic carbocycles. The first-order valence-electron chi connectivity index (χ1n) is 9.17. The Kier molecular flexibility index (Phi) is 6.53. The number of terminal acetylenes is 1. The van der Waals surface area contributed by atoms with E-state index in [2.05, 4.69) is 15.7 Å². The fourth-order valence-electron chi connectivity index (χ4n) is 3.74. The molecule has 0 unspecified atom stereocenters. The molecule has 6 heteroatoms. The van der Waals surface area contributed by atoms with Gasteiger partial charge in [0.25, 0.3) is 0 Å². The number of rotatable bonds is 4. The molecule has 1 aromatic rings. The smallest absolute Gasteiger partial charge is 0.225 e. The first kappa shape index (κ1) is 19.2. The third-order valence-electron chi connectivity index (χ3n) is 5.34. The third kappa shape index (κ3) is 4.76. The third-order valence-corrected chi connectivity index (χ3v) is 5.70. The van der Waals surface area contributed by atoms with E-state index < -0.39 is 0 Å². The molecule has 26 heavy (non-hydrogen) atoms. The Hall–Kier alpha value is -1.61. The van der Waals surface area contributed by atoms with Crippen LogP contribution in [0.4, 0.5) is 4.39 Å². The maximum Gasteiger partial charge on any atom is 0.225 e. The van der Waals surface area contributed by atoms with E-state index in [9.17, 15) is 9.18 Å². The summed E-state index contributed by atoms with van der Waals surface area (Å²) in [6, 6.07) is 4.52. The molecule has 140 valence electrons. The van der Waals surface area contributed by atoms with E-state index in [1.165, 1.54) is 12.1 Å². The van der Waals surface area contributed by atoms with Crippen molar-refractivity contribution in [1.29, 1.82) is 0 Å². The molecule has 0 radical (unpaired) electrons. The first-order valence-corrected chi connectivity index (χ1v) is 9.55. The molecule has 2 fully saturated rings. The zero-order valence-corrected chi connectivity index (χ0v) is 15.7. The predicted molar refractivity (Wildman–Crippen MR) is 101 cm³/mol. The van der Waals surface area contributed by atoms with E-state index in [1.54, 1.807) is 6.07 Å². The van der Waals surface area contributed by atoms with Crippen molar-refractivity contribution >= 4 is 17.5 Å². The minimum absolute atomic E-state index is 0.127. The summed E-state index contributed by atoms with van der Waals surface area (Å²) in [5.41, 5.74) is 0.925. The number of amides is 1. The lowest BCUT2D eigenvalue weighted by atomic mass is 9.95. The van der Waals surface area contributed by atoms with Crippen molar-refractivity contribution < 1.29 is 9.18 Å². The van der Waals surface area contributed by atoms with Crippen LogP contribution in [0.5, 0.6) is 0 Å². The second kappa shape index (κ2) is 8.85. The second-order valence-electron chi connectivity index (χ2n) is 7.09. The average Bonchev–Trinajstić information content (AvgIpc) is 2.65. The van der Waals surface area contributed by atoms with Gasteiger partial charge >= 0.3 is 0 Å². The quantitative estimate of drug-likeness (QED) is 0.754. The lowest BCUT2D eigenvalue weighted by molar-refractivity contribution is -0.138. The average molecular weight is 378 g/mol. The van der Waals surface area contributed by atoms with Crippen molar-refractivity contribution in [2.75, 3.05) is 45.8 Å². The van der Waals surface area contributed by atoms with Crippen molar-refractivity contribution in [1.82, 2.24) is 14.7 Å². The van der Waals surface area contributed by atoms with Crippen molar-refractivity contribution in [3.63, 3.8) is 0 Å². The van der Waals surface area contributed by atoms with Gasteiger partial charge in [-0.15, -0.1) is 6.42 Å². The molecule has 2 aliphatic rings. The molecule has 0 spiro atoms. The second-order valence-corrected chi connectivity index (χ2v) is 7.50. The lowest BCUT2D eigenvalue weighted by Gasteiger charge is -2.38. The highest BCUT2D eigenvalue weighted by molar-refractivity contribution is 6.31. The maximum atomic E-state index is 13.2. The monoisotopic (exact) mass is 377 g/mol. The normalized spacial score (nSPS) is 20.1. The van der Waals surface area contributed by atoms with Crippen LogP contribution in [-0.4, -0.2) is 66.4 Å². The summed E-state index contributed by atoms with van der Waals surface area (Å²) in [4.78, 5) is 19.2. The molecule has 4 nitrogen and oxygen atoms in total. The molecule has 0 aliphatic carbocycles. The Morgan fingerprint density at radius 1 is 1.15 bits per heavy atom. The van der Waals surface area contributed by atoms with Crippen LogP contribution in [0.25, 0.3) is 0 Å². The molecule has 1 amide bonds. The lowest BCUT2D eigenvalue weighted by Crippen LogP contribution is -2.51. The minimum atomic E-state index is -0.317. The Morgan fingerprint density at radius 3 is 2.46 bits per heavy atom. The summed E-state index contributed by atoms with van der Waals surface area (Å²) in [6.07, 6.45) is 7.15. The van der Waals surface area contributed by atoms with Crippen molar-refractivity contribution in [3.8, 4) is 12.3 Å². The van der Waals surface area contributed by atoms with Gasteiger partial charge in [-0.2, -0.15) is 0 Å². The summed E-state index contributed by atoms with van der Waals surface area (Å²) in [5.74, 6) is 2.76. The highest BCUT2D eigenvalue weighted by atomic mass is 35.5. The molecule has 2 aliphatic heterocycles. The molecule has 0 aromatic heterocycles. The minimum Gasteiger partial charge on any atom is -0.340 e. The van der Waals surface area contributed by atoms with Crippen LogP contribution in [-0.2, 0) is 11.3 Å². The Bertz CT molecular complexity index is 674. The van der Waals surface area contributed by atoms with E-state index >= 15 is 0 Å². The van der Waals surface area contributed by atoms with Crippen LogP contribution >= 0.6 is 11.6 Å². The zero-order chi connectivity index (χ0) is 18.5. The number of benzene rings is 1. The number of carbonyl (C=O) groups excluding carboxylic acids is 1. The van der Waals surface area contributed by atoms with Gasteiger partial charge in [-0.05, 0) is 43.6 Å². The van der Waals surface area contributed by atoms with E-state index in [0.29, 0.717) is 18.1 Å². The Labute approximate surface area is 159 Å². The van der Waals surface area contributed by atoms with Crippen molar-refractivity contribution in [2.45, 2.75) is 19.4 Å². The van der Waals surface area contributed by atoms with E-state index in [-0.39, 0.29) is 17.6 Å². The van der Waals surface area contributed by atoms with Gasteiger partial charge in [0.1, 0.15) is 5.82 Å². The summed E-state index contributed by atoms with van der Waals surface area (Å²) < 4.78 is 13.2. The van der Waals surface area contributed by atoms with Gasteiger partial charge in [0.2, 0.25) is 5.91 Å². The van der Waals surface area contributed by atoms with Gasteiger partial charge in [0.15, 0.2) is 0 Å². The Balaban J connectivity index is 1.46. The van der Waals surface area contributed by atoms with Crippen LogP contribution in [0.1, 0.15) is 18.4 Å². The highest BCUT2D eigenvalue weighted by Gasteiger charge is 2.30. The molecule has 0 saturated carbocycles. The molecular formula is C20H25ClFN3O. The van der Waals surface area contributed by atoms with Crippen LogP contribution in [0.15, 0.2) is 18.2 Å². The van der Waals surface area contributed by atoms with E-state index in [1.807, 2.05) is 4.90 Å². The van der Waals surface area contributed by atoms with Crippen molar-refractivity contribution in [2.24, 2.45) is 5.92 Å².